The molecule has 0 aromatic rings. The zero-order valence-electron chi connectivity index (χ0n) is 17.1. The van der Waals surface area contributed by atoms with Crippen molar-refractivity contribution in [1.29, 1.82) is 5.41 Å². The Bertz CT molecular complexity index is 805. The van der Waals surface area contributed by atoms with Gasteiger partial charge in [-0.1, -0.05) is 5.57 Å². The van der Waals surface area contributed by atoms with E-state index >= 15 is 0 Å². The third kappa shape index (κ3) is 4.03. The molecule has 3 atom stereocenters. The van der Waals surface area contributed by atoms with Gasteiger partial charge in [-0.15, -0.1) is 0 Å². The normalized spacial score (nSPS) is 31.2. The first-order valence-electron chi connectivity index (χ1n) is 10.7. The quantitative estimate of drug-likeness (QED) is 0.164. The zero-order chi connectivity index (χ0) is 21.1. The maximum Gasteiger partial charge on any atom is 0.303 e. The van der Waals surface area contributed by atoms with E-state index in [0.717, 1.165) is 55.8 Å². The van der Waals surface area contributed by atoms with Crippen molar-refractivity contribution in [3.8, 4) is 0 Å². The summed E-state index contributed by atoms with van der Waals surface area (Å²) in [7, 11) is 0. The molecule has 0 bridgehead atoms. The predicted molar refractivity (Wildman–Crippen MR) is 109 cm³/mol. The van der Waals surface area contributed by atoms with E-state index in [-0.39, 0.29) is 31.0 Å². The molecule has 1 saturated carbocycles. The van der Waals surface area contributed by atoms with E-state index in [1.807, 2.05) is 0 Å². The third-order valence-corrected chi connectivity index (χ3v) is 6.48. The van der Waals surface area contributed by atoms with E-state index in [2.05, 4.69) is 16.6 Å². The molecule has 4 aliphatic rings. The molecule has 9 nitrogen and oxygen atoms in total. The average Bonchev–Trinajstić information content (AvgIpc) is 3.31. The second-order valence-electron chi connectivity index (χ2n) is 8.38. The predicted octanol–water partition coefficient (Wildman–Crippen LogP) is 2.59. The summed E-state index contributed by atoms with van der Waals surface area (Å²) in [4.78, 5) is 10.7. The number of ether oxygens (including phenoxy) is 3. The fourth-order valence-corrected chi connectivity index (χ4v) is 5.14. The van der Waals surface area contributed by atoms with Gasteiger partial charge in [-0.25, -0.2) is 5.43 Å². The minimum Gasteiger partial charge on any atom is -0.494 e. The number of nitrogens with two attached hydrogens (primary N) is 1. The highest BCUT2D eigenvalue weighted by atomic mass is 16.7. The van der Waals surface area contributed by atoms with Gasteiger partial charge in [0.2, 0.25) is 5.96 Å². The van der Waals surface area contributed by atoms with Crippen LogP contribution in [0.5, 0.6) is 0 Å². The third-order valence-electron chi connectivity index (χ3n) is 6.48. The summed E-state index contributed by atoms with van der Waals surface area (Å²) in [5.74, 6) is 1.09. The molecule has 9 heteroatoms. The van der Waals surface area contributed by atoms with E-state index in [1.165, 1.54) is 5.57 Å². The van der Waals surface area contributed by atoms with Gasteiger partial charge in [0.05, 0.1) is 6.61 Å². The van der Waals surface area contributed by atoms with Crippen LogP contribution in [0.2, 0.25) is 0 Å². The second-order valence-corrected chi connectivity index (χ2v) is 8.38. The number of hydrogen-bond donors (Lipinski definition) is 4. The number of carboxylic acids is 1. The van der Waals surface area contributed by atoms with E-state index < -0.39 is 11.6 Å². The van der Waals surface area contributed by atoms with Crippen molar-refractivity contribution in [1.82, 2.24) is 5.43 Å². The van der Waals surface area contributed by atoms with Crippen molar-refractivity contribution in [2.75, 3.05) is 13.4 Å². The van der Waals surface area contributed by atoms with Crippen molar-refractivity contribution in [2.45, 2.75) is 63.4 Å². The second kappa shape index (κ2) is 8.67. The maximum atomic E-state index is 10.7. The average molecular weight is 418 g/mol. The highest BCUT2D eigenvalue weighted by molar-refractivity contribution is 5.91. The van der Waals surface area contributed by atoms with Crippen LogP contribution in [0.4, 0.5) is 0 Å². The van der Waals surface area contributed by atoms with Gasteiger partial charge >= 0.3 is 5.97 Å². The number of aliphatic carboxylic acids is 1. The van der Waals surface area contributed by atoms with Crippen LogP contribution in [0.3, 0.4) is 0 Å². The summed E-state index contributed by atoms with van der Waals surface area (Å²) >= 11 is 0. The number of carboxylic acid groups (broad SMARTS) is 1. The molecule has 5 N–H and O–H groups in total. The Hall–Kier alpha value is -2.55. The number of unbranched alkanes of at least 4 members (excludes halogenated alkanes) is 1. The summed E-state index contributed by atoms with van der Waals surface area (Å²) in [6.45, 7) is 0.676. The lowest BCUT2D eigenvalue weighted by atomic mass is 9.75. The molecular weight excluding hydrogens is 388 g/mol. The first kappa shape index (κ1) is 20.7. The Morgan fingerprint density at radius 1 is 1.40 bits per heavy atom. The molecular formula is C21H30N4O5. The molecule has 3 unspecified atom stereocenters. The largest absolute Gasteiger partial charge is 0.494 e. The van der Waals surface area contributed by atoms with Crippen molar-refractivity contribution in [3.05, 3.63) is 23.2 Å². The molecule has 4 rings (SSSR count). The van der Waals surface area contributed by atoms with Crippen LogP contribution < -0.4 is 11.2 Å². The number of fused-ring (bicyclic) bond motifs is 1. The molecule has 1 spiro atoms. The van der Waals surface area contributed by atoms with Gasteiger partial charge in [0.25, 0.3) is 0 Å². The summed E-state index contributed by atoms with van der Waals surface area (Å²) < 4.78 is 18.2. The maximum absolute atomic E-state index is 10.7. The van der Waals surface area contributed by atoms with Crippen molar-refractivity contribution >= 4 is 17.6 Å². The summed E-state index contributed by atoms with van der Waals surface area (Å²) in [6.07, 6.45) is 9.23. The van der Waals surface area contributed by atoms with E-state index in [4.69, 9.17) is 30.5 Å². The number of hydrogen-bond acceptors (Lipinski definition) is 6. The van der Waals surface area contributed by atoms with Gasteiger partial charge < -0.3 is 25.1 Å². The number of nitrogens with one attached hydrogen (secondary N) is 2. The van der Waals surface area contributed by atoms with Crippen LogP contribution in [-0.4, -0.2) is 41.7 Å². The molecule has 1 saturated heterocycles. The highest BCUT2D eigenvalue weighted by Gasteiger charge is 2.54. The zero-order valence-corrected chi connectivity index (χ0v) is 17.1. The molecule has 3 aliphatic carbocycles. The van der Waals surface area contributed by atoms with Crippen molar-refractivity contribution in [3.63, 3.8) is 0 Å². The standard InChI is InChI=1S/C21H30N4O5/c22-20(23)25-24-16-10-14-7-8-17(28-9-2-1-6-18(26)27)19-21(14,30-12-29-19)11-13-4-3-5-15(13)16/h11,14-15H,1-10,12H2,(H,26,27)(H4,22,23,25). The van der Waals surface area contributed by atoms with Crippen LogP contribution in [-0.2, 0) is 19.0 Å². The van der Waals surface area contributed by atoms with Crippen LogP contribution in [0.1, 0.15) is 57.8 Å². The number of allylic oxidation sites excluding steroid dienone is 2. The summed E-state index contributed by atoms with van der Waals surface area (Å²) in [5, 5.41) is 20.7. The van der Waals surface area contributed by atoms with Gasteiger partial charge in [-0.3, -0.25) is 10.2 Å². The number of rotatable bonds is 7. The minimum atomic E-state index is -0.781. The molecule has 1 aliphatic heterocycles. The molecule has 0 amide bonds. The van der Waals surface area contributed by atoms with E-state index in [0.29, 0.717) is 19.4 Å². The Morgan fingerprint density at radius 2 is 2.27 bits per heavy atom. The Morgan fingerprint density at radius 3 is 3.07 bits per heavy atom. The Labute approximate surface area is 175 Å². The SMILES string of the molecule is N=C(N)NN=C1CC2CCC(OCCCCC(=O)O)=C3OCOC32C=C2CCCC21. The fourth-order valence-electron chi connectivity index (χ4n) is 5.14. The summed E-state index contributed by atoms with van der Waals surface area (Å²) in [5.41, 5.74) is 9.81. The van der Waals surface area contributed by atoms with Crippen LogP contribution in [0.25, 0.3) is 0 Å². The molecule has 1 heterocycles. The first-order valence-corrected chi connectivity index (χ1v) is 10.7. The number of carbonyl (C=O) groups is 1. The topological polar surface area (TPSA) is 139 Å². The van der Waals surface area contributed by atoms with Gasteiger partial charge in [0.15, 0.2) is 18.2 Å². The fraction of sp³-hybridized carbons (Fsp3) is 0.667. The highest BCUT2D eigenvalue weighted by Crippen LogP contribution is 2.52. The van der Waals surface area contributed by atoms with Gasteiger partial charge in [-0.05, 0) is 51.0 Å². The Balaban J connectivity index is 1.57. The molecule has 164 valence electrons. The lowest BCUT2D eigenvalue weighted by Gasteiger charge is -2.37. The van der Waals surface area contributed by atoms with E-state index in [1.54, 1.807) is 0 Å². The van der Waals surface area contributed by atoms with Crippen LogP contribution in [0.15, 0.2) is 28.3 Å². The molecule has 0 aromatic carbocycles. The van der Waals surface area contributed by atoms with Crippen LogP contribution in [0, 0.1) is 17.2 Å². The molecule has 0 aromatic heterocycles. The lowest BCUT2D eigenvalue weighted by Crippen LogP contribution is -2.41. The van der Waals surface area contributed by atoms with Crippen molar-refractivity contribution in [2.24, 2.45) is 22.7 Å². The van der Waals surface area contributed by atoms with Gasteiger partial charge in [0, 0.05) is 30.4 Å². The number of hydrazone groups is 1. The Kier molecular flexibility index (Phi) is 5.99. The van der Waals surface area contributed by atoms with Crippen LogP contribution >= 0.6 is 0 Å². The number of nitrogens with zero attached hydrogens (tertiary/aromatic N) is 1. The van der Waals surface area contributed by atoms with Gasteiger partial charge in [0.1, 0.15) is 5.76 Å². The number of guanidine groups is 1. The summed E-state index contributed by atoms with van der Waals surface area (Å²) in [6, 6.07) is 0. The first-order chi connectivity index (χ1) is 14.5. The monoisotopic (exact) mass is 418 g/mol. The van der Waals surface area contributed by atoms with E-state index in [9.17, 15) is 4.79 Å². The molecule has 2 fully saturated rings. The smallest absolute Gasteiger partial charge is 0.303 e. The molecule has 0 radical (unpaired) electrons. The van der Waals surface area contributed by atoms with Gasteiger partial charge in [-0.2, -0.15) is 5.10 Å². The molecule has 30 heavy (non-hydrogen) atoms. The minimum absolute atomic E-state index is 0.158. The lowest BCUT2D eigenvalue weighted by molar-refractivity contribution is -0.137. The van der Waals surface area contributed by atoms with Crippen molar-refractivity contribution < 1.29 is 24.1 Å².